The molecule has 3 aromatic heterocycles. The van der Waals surface area contributed by atoms with E-state index in [4.69, 9.17) is 9.97 Å². The highest BCUT2D eigenvalue weighted by atomic mass is 14.8. The molecule has 2 N–H and O–H groups in total. The zero-order chi connectivity index (χ0) is 39.8. The zero-order valence-electron chi connectivity index (χ0n) is 32.7. The maximum Gasteiger partial charge on any atom is 0.0737 e. The van der Waals surface area contributed by atoms with E-state index in [1.165, 1.54) is 21.5 Å². The van der Waals surface area contributed by atoms with Crippen molar-refractivity contribution >= 4 is 92.2 Å². The lowest BCUT2D eigenvalue weighted by Crippen LogP contribution is -1.90. The van der Waals surface area contributed by atoms with Gasteiger partial charge >= 0.3 is 0 Å². The lowest BCUT2D eigenvalue weighted by atomic mass is 9.97. The highest BCUT2D eigenvalue weighted by Gasteiger charge is 2.18. The first kappa shape index (κ1) is 35.1. The van der Waals surface area contributed by atoms with Crippen molar-refractivity contribution in [2.24, 2.45) is 0 Å². The number of nitrogens with one attached hydrogen (secondary N) is 2. The highest BCUT2D eigenvalue weighted by molar-refractivity contribution is 6.06. The van der Waals surface area contributed by atoms with E-state index >= 15 is 0 Å². The van der Waals surface area contributed by atoms with Gasteiger partial charge in [0.1, 0.15) is 0 Å². The topological polar surface area (TPSA) is 57.4 Å². The Morgan fingerprint density at radius 1 is 0.317 bits per heavy atom. The first-order valence-corrected chi connectivity index (χ1v) is 20.3. The molecule has 11 rings (SSSR count). The normalized spacial score (nSPS) is 12.4. The second kappa shape index (κ2) is 15.0. The molecule has 0 saturated heterocycles. The minimum Gasteiger partial charge on any atom is -0.354 e. The third-order valence-corrected chi connectivity index (χ3v) is 11.4. The van der Waals surface area contributed by atoms with Gasteiger partial charge < -0.3 is 9.97 Å². The smallest absolute Gasteiger partial charge is 0.0737 e. The Morgan fingerprint density at radius 3 is 1.17 bits per heavy atom. The Kier molecular flexibility index (Phi) is 8.79. The van der Waals surface area contributed by atoms with Gasteiger partial charge in [-0.1, -0.05) is 170 Å². The molecule has 8 bridgehead atoms. The summed E-state index contributed by atoms with van der Waals surface area (Å²) >= 11 is 0. The van der Waals surface area contributed by atoms with Crippen molar-refractivity contribution in [3.05, 3.63) is 215 Å². The van der Waals surface area contributed by atoms with E-state index in [0.29, 0.717) is 0 Å². The number of aromatic amines is 2. The van der Waals surface area contributed by atoms with Crippen LogP contribution in [-0.4, -0.2) is 19.9 Å². The maximum absolute atomic E-state index is 5.48. The molecule has 0 fully saturated rings. The van der Waals surface area contributed by atoms with Crippen LogP contribution in [0.1, 0.15) is 45.0 Å². The van der Waals surface area contributed by atoms with E-state index in [2.05, 4.69) is 216 Å². The van der Waals surface area contributed by atoms with Gasteiger partial charge in [0.15, 0.2) is 0 Å². The Balaban J connectivity index is 1.29. The molecule has 0 unspecified atom stereocenters. The predicted octanol–water partition coefficient (Wildman–Crippen LogP) is 14.6. The van der Waals surface area contributed by atoms with E-state index in [-0.39, 0.29) is 0 Å². The van der Waals surface area contributed by atoms with Crippen molar-refractivity contribution in [1.29, 1.82) is 0 Å². The van der Waals surface area contributed by atoms with E-state index in [1.807, 2.05) is 12.1 Å². The predicted molar refractivity (Wildman–Crippen MR) is 255 cm³/mol. The highest BCUT2D eigenvalue weighted by Crippen LogP contribution is 2.39. The van der Waals surface area contributed by atoms with E-state index in [9.17, 15) is 0 Å². The third kappa shape index (κ3) is 6.47. The van der Waals surface area contributed by atoms with Crippen molar-refractivity contribution < 1.29 is 0 Å². The summed E-state index contributed by atoms with van der Waals surface area (Å²) in [5.74, 6) is 0. The van der Waals surface area contributed by atoms with E-state index < -0.39 is 0 Å². The van der Waals surface area contributed by atoms with Crippen molar-refractivity contribution in [3.63, 3.8) is 0 Å². The monoisotopic (exact) mass is 766 g/mol. The number of fused-ring (bicyclic) bond motifs is 10. The molecule has 60 heavy (non-hydrogen) atoms. The molecule has 0 radical (unpaired) electrons. The Morgan fingerprint density at radius 2 is 0.700 bits per heavy atom. The van der Waals surface area contributed by atoms with Gasteiger partial charge in [0.05, 0.1) is 22.8 Å². The van der Waals surface area contributed by atoms with Crippen LogP contribution in [0.4, 0.5) is 0 Å². The molecule has 9 aromatic rings. The Labute approximate surface area is 347 Å². The lowest BCUT2D eigenvalue weighted by Gasteiger charge is -2.09. The molecule has 0 amide bonds. The number of aromatic nitrogens is 4. The van der Waals surface area contributed by atoms with E-state index in [0.717, 1.165) is 89.4 Å². The van der Waals surface area contributed by atoms with Crippen LogP contribution >= 0.6 is 0 Å². The minimum absolute atomic E-state index is 0.876. The molecule has 4 heteroatoms. The Bertz CT molecular complexity index is 3170. The van der Waals surface area contributed by atoms with Gasteiger partial charge in [-0.25, -0.2) is 9.97 Å². The average Bonchev–Trinajstić information content (AvgIpc) is 4.15. The zero-order valence-corrected chi connectivity index (χ0v) is 32.7. The number of benzene rings is 6. The SMILES string of the molecule is C1=Cc2nc1c(/C=C/c1ccccc1)c1ccc([nH]1)c(-c1cccc3ccccc13)c1nc(c(/C=C/c3ccccc3)c3ccc([nH]3)c2-c2cccc3ccccc23)C=C1. The number of hydrogen-bond donors (Lipinski definition) is 2. The van der Waals surface area contributed by atoms with Crippen LogP contribution in [0.3, 0.4) is 0 Å². The molecule has 2 aliphatic rings. The Hall–Kier alpha value is -8.08. The van der Waals surface area contributed by atoms with Crippen LogP contribution in [-0.2, 0) is 0 Å². The van der Waals surface area contributed by atoms with Crippen molar-refractivity contribution in [1.82, 2.24) is 19.9 Å². The lowest BCUT2D eigenvalue weighted by molar-refractivity contribution is 1.30. The van der Waals surface area contributed by atoms with Gasteiger partial charge in [-0.15, -0.1) is 0 Å². The van der Waals surface area contributed by atoms with Crippen LogP contribution in [0, 0.1) is 0 Å². The molecule has 0 atom stereocenters. The first-order chi connectivity index (χ1) is 29.7. The minimum atomic E-state index is 0.876. The van der Waals surface area contributed by atoms with Gasteiger partial charge in [-0.2, -0.15) is 0 Å². The van der Waals surface area contributed by atoms with Crippen molar-refractivity contribution in [3.8, 4) is 22.3 Å². The van der Waals surface area contributed by atoms with Gasteiger partial charge in [0.25, 0.3) is 0 Å². The van der Waals surface area contributed by atoms with Crippen LogP contribution in [0.2, 0.25) is 0 Å². The number of rotatable bonds is 6. The van der Waals surface area contributed by atoms with Crippen molar-refractivity contribution in [2.45, 2.75) is 0 Å². The number of hydrogen-bond acceptors (Lipinski definition) is 2. The first-order valence-electron chi connectivity index (χ1n) is 20.3. The maximum atomic E-state index is 5.48. The van der Waals surface area contributed by atoms with Crippen molar-refractivity contribution in [2.75, 3.05) is 0 Å². The van der Waals surface area contributed by atoms with Gasteiger partial charge in [-0.3, -0.25) is 0 Å². The second-order valence-corrected chi connectivity index (χ2v) is 15.1. The number of nitrogens with zero attached hydrogens (tertiary/aromatic N) is 2. The third-order valence-electron chi connectivity index (χ3n) is 11.4. The standard InChI is InChI=1S/C56H38N4/c1-3-13-37(14-4-1)25-27-45-47-29-33-51(57-47)55(43-23-11-19-39-17-7-9-21-41(39)43)53-35-31-49(59-53)46(28-26-38-15-5-2-6-16-38)50-32-36-54(60-50)56(52-34-30-48(45)58-52)44-24-12-20-40-18-8-10-22-42(40)44/h1-36,57,60H/b27-25+,28-26+,47-45?,48-45?,49-46?,50-46?,55-51?,55-53?,56-52?,56-54?. The summed E-state index contributed by atoms with van der Waals surface area (Å²) in [6, 6.07) is 59.7. The molecular weight excluding hydrogens is 729 g/mol. The van der Waals surface area contributed by atoms with Crippen LogP contribution in [0.5, 0.6) is 0 Å². The molecular formula is C56H38N4. The average molecular weight is 767 g/mol. The largest absolute Gasteiger partial charge is 0.354 e. The molecule has 0 spiro atoms. The summed E-state index contributed by atoms with van der Waals surface area (Å²) in [7, 11) is 0. The molecule has 0 saturated carbocycles. The molecule has 4 nitrogen and oxygen atoms in total. The fourth-order valence-electron chi connectivity index (χ4n) is 8.54. The quantitative estimate of drug-likeness (QED) is 0.177. The second-order valence-electron chi connectivity index (χ2n) is 15.1. The van der Waals surface area contributed by atoms with Crippen LogP contribution in [0.25, 0.3) is 114 Å². The summed E-state index contributed by atoms with van der Waals surface area (Å²) in [6.45, 7) is 0. The molecule has 6 aromatic carbocycles. The van der Waals surface area contributed by atoms with Crippen LogP contribution < -0.4 is 0 Å². The van der Waals surface area contributed by atoms with Gasteiger partial charge in [0, 0.05) is 44.3 Å². The molecule has 282 valence electrons. The summed E-state index contributed by atoms with van der Waals surface area (Å²) in [6.07, 6.45) is 17.3. The molecule has 5 heterocycles. The summed E-state index contributed by atoms with van der Waals surface area (Å²) in [5, 5.41) is 4.68. The molecule has 0 aliphatic carbocycles. The summed E-state index contributed by atoms with van der Waals surface area (Å²) in [4.78, 5) is 18.7. The fraction of sp³-hybridized carbons (Fsp3) is 0. The van der Waals surface area contributed by atoms with Gasteiger partial charge in [0.2, 0.25) is 0 Å². The van der Waals surface area contributed by atoms with Crippen LogP contribution in [0.15, 0.2) is 170 Å². The summed E-state index contributed by atoms with van der Waals surface area (Å²) < 4.78 is 0. The number of H-pyrrole nitrogens is 2. The van der Waals surface area contributed by atoms with Gasteiger partial charge in [-0.05, 0) is 92.4 Å². The molecule has 2 aliphatic heterocycles. The fourth-order valence-corrected chi connectivity index (χ4v) is 8.54. The summed E-state index contributed by atoms with van der Waals surface area (Å²) in [5.41, 5.74) is 15.9. The van der Waals surface area contributed by atoms with E-state index in [1.54, 1.807) is 0 Å².